The molecule has 0 aliphatic heterocycles. The van der Waals surface area contributed by atoms with Crippen LogP contribution >= 0.6 is 0 Å². The van der Waals surface area contributed by atoms with E-state index in [-0.39, 0.29) is 24.8 Å². The van der Waals surface area contributed by atoms with Crippen LogP contribution in [0, 0.1) is 13.8 Å². The molecule has 1 heterocycles. The Bertz CT molecular complexity index is 931. The quantitative estimate of drug-likeness (QED) is 0.685. The molecule has 0 radical (unpaired) electrons. The Morgan fingerprint density at radius 1 is 0.889 bits per heavy atom. The second kappa shape index (κ2) is 8.31. The van der Waals surface area contributed by atoms with Gasteiger partial charge in [-0.05, 0) is 36.6 Å². The summed E-state index contributed by atoms with van der Waals surface area (Å²) in [7, 11) is 0. The molecule has 3 rings (SSSR count). The zero-order valence-electron chi connectivity index (χ0n) is 15.4. The number of hydrogen-bond donors (Lipinski definition) is 2. The van der Waals surface area contributed by atoms with Crippen LogP contribution < -0.4 is 10.9 Å². The molecule has 0 fully saturated rings. The van der Waals surface area contributed by atoms with Crippen LogP contribution in [0.15, 0.2) is 60.7 Å². The molecule has 2 aromatic carbocycles. The van der Waals surface area contributed by atoms with Crippen molar-refractivity contribution in [1.29, 1.82) is 0 Å². The summed E-state index contributed by atoms with van der Waals surface area (Å²) in [6.07, 6.45) is 0.190. The zero-order chi connectivity index (χ0) is 19.2. The Kier molecular flexibility index (Phi) is 5.66. The number of carbonyl (C=O) groups is 2. The summed E-state index contributed by atoms with van der Waals surface area (Å²) in [6, 6.07) is 19.7. The van der Waals surface area contributed by atoms with Gasteiger partial charge in [0.25, 0.3) is 5.91 Å². The van der Waals surface area contributed by atoms with Crippen LogP contribution in [0.5, 0.6) is 0 Å². The molecular formula is C21H22N4O2. The van der Waals surface area contributed by atoms with Gasteiger partial charge in [-0.1, -0.05) is 54.6 Å². The van der Waals surface area contributed by atoms with Gasteiger partial charge in [-0.3, -0.25) is 25.1 Å². The second-order valence-electron chi connectivity index (χ2n) is 6.42. The zero-order valence-corrected chi connectivity index (χ0v) is 15.4. The fraction of sp³-hybridized carbons (Fsp3) is 0.190. The summed E-state index contributed by atoms with van der Waals surface area (Å²) in [5.74, 6) is -0.599. The smallest absolute Gasteiger partial charge is 0.260 e. The van der Waals surface area contributed by atoms with Crippen molar-refractivity contribution in [2.45, 2.75) is 26.8 Å². The van der Waals surface area contributed by atoms with Crippen molar-refractivity contribution in [2.75, 3.05) is 0 Å². The third-order valence-electron chi connectivity index (χ3n) is 4.16. The van der Waals surface area contributed by atoms with Crippen LogP contribution in [0.25, 0.3) is 11.1 Å². The van der Waals surface area contributed by atoms with Gasteiger partial charge in [-0.2, -0.15) is 5.10 Å². The standard InChI is InChI=1S/C21H22N4O2/c1-15-12-16(2)25(24-15)14-21(27)23-22-20(26)13-17-8-10-19(11-9-17)18-6-4-3-5-7-18/h3-12H,13-14H2,1-2H3,(H,22,26)(H,23,27). The second-order valence-corrected chi connectivity index (χ2v) is 6.42. The molecule has 0 unspecified atom stereocenters. The summed E-state index contributed by atoms with van der Waals surface area (Å²) in [6.45, 7) is 3.81. The Labute approximate surface area is 158 Å². The molecule has 0 atom stereocenters. The number of carbonyl (C=O) groups excluding carboxylic acids is 2. The number of aryl methyl sites for hydroxylation is 2. The van der Waals surface area contributed by atoms with Crippen molar-refractivity contribution < 1.29 is 9.59 Å². The van der Waals surface area contributed by atoms with Gasteiger partial charge in [0.2, 0.25) is 5.91 Å². The van der Waals surface area contributed by atoms with Gasteiger partial charge in [-0.15, -0.1) is 0 Å². The molecule has 2 amide bonds. The summed E-state index contributed by atoms with van der Waals surface area (Å²) < 4.78 is 1.60. The Balaban J connectivity index is 1.49. The van der Waals surface area contributed by atoms with E-state index in [2.05, 4.69) is 16.0 Å². The van der Waals surface area contributed by atoms with Gasteiger partial charge < -0.3 is 0 Å². The molecule has 138 valence electrons. The lowest BCUT2D eigenvalue weighted by atomic mass is 10.0. The highest BCUT2D eigenvalue weighted by atomic mass is 16.2. The first kappa shape index (κ1) is 18.4. The third kappa shape index (κ3) is 5.04. The van der Waals surface area contributed by atoms with Crippen LogP contribution in [0.4, 0.5) is 0 Å². The Morgan fingerprint density at radius 2 is 1.52 bits per heavy atom. The fourth-order valence-corrected chi connectivity index (χ4v) is 2.83. The van der Waals surface area contributed by atoms with Crippen LogP contribution in [0.1, 0.15) is 17.0 Å². The number of amides is 2. The average Bonchev–Trinajstić information content (AvgIpc) is 2.98. The summed E-state index contributed by atoms with van der Waals surface area (Å²) in [4.78, 5) is 24.0. The van der Waals surface area contributed by atoms with E-state index >= 15 is 0 Å². The van der Waals surface area contributed by atoms with Crippen molar-refractivity contribution in [3.63, 3.8) is 0 Å². The molecule has 0 saturated carbocycles. The minimum Gasteiger partial charge on any atom is -0.273 e. The Hall–Kier alpha value is -3.41. The van der Waals surface area contributed by atoms with Crippen molar-refractivity contribution in [2.24, 2.45) is 0 Å². The predicted molar refractivity (Wildman–Crippen MR) is 104 cm³/mol. The van der Waals surface area contributed by atoms with E-state index in [1.807, 2.05) is 74.5 Å². The first-order chi connectivity index (χ1) is 13.0. The SMILES string of the molecule is Cc1cc(C)n(CC(=O)NNC(=O)Cc2ccc(-c3ccccc3)cc2)n1. The van der Waals surface area contributed by atoms with E-state index in [0.717, 1.165) is 28.1 Å². The topological polar surface area (TPSA) is 76.0 Å². The van der Waals surface area contributed by atoms with Gasteiger partial charge in [0, 0.05) is 5.69 Å². The highest BCUT2D eigenvalue weighted by Gasteiger charge is 2.09. The molecule has 6 heteroatoms. The summed E-state index contributed by atoms with van der Waals surface area (Å²) in [5, 5.41) is 4.22. The molecule has 1 aromatic heterocycles. The largest absolute Gasteiger partial charge is 0.273 e. The van der Waals surface area contributed by atoms with Crippen molar-refractivity contribution in [3.8, 4) is 11.1 Å². The maximum absolute atomic E-state index is 12.0. The maximum Gasteiger partial charge on any atom is 0.260 e. The average molecular weight is 362 g/mol. The van der Waals surface area contributed by atoms with Crippen LogP contribution in [-0.2, 0) is 22.6 Å². The number of aromatic nitrogens is 2. The van der Waals surface area contributed by atoms with Gasteiger partial charge in [0.05, 0.1) is 12.1 Å². The molecule has 27 heavy (non-hydrogen) atoms. The van der Waals surface area contributed by atoms with Gasteiger partial charge in [0.15, 0.2) is 0 Å². The highest BCUT2D eigenvalue weighted by molar-refractivity contribution is 5.83. The summed E-state index contributed by atoms with van der Waals surface area (Å²) >= 11 is 0. The van der Waals surface area contributed by atoms with Gasteiger partial charge in [0.1, 0.15) is 6.54 Å². The minimum atomic E-state index is -0.325. The molecular weight excluding hydrogens is 340 g/mol. The van der Waals surface area contributed by atoms with Crippen LogP contribution in [0.2, 0.25) is 0 Å². The molecule has 2 N–H and O–H groups in total. The molecule has 0 bridgehead atoms. The lowest BCUT2D eigenvalue weighted by Crippen LogP contribution is -2.44. The first-order valence-corrected chi connectivity index (χ1v) is 8.74. The number of hydrogen-bond acceptors (Lipinski definition) is 3. The highest BCUT2D eigenvalue weighted by Crippen LogP contribution is 2.19. The minimum absolute atomic E-state index is 0.0612. The molecule has 0 aliphatic carbocycles. The number of rotatable bonds is 5. The van der Waals surface area contributed by atoms with Gasteiger partial charge in [-0.25, -0.2) is 0 Å². The normalized spacial score (nSPS) is 10.4. The van der Waals surface area contributed by atoms with Crippen molar-refractivity contribution in [3.05, 3.63) is 77.6 Å². The van der Waals surface area contributed by atoms with Crippen molar-refractivity contribution in [1.82, 2.24) is 20.6 Å². The number of hydrazine groups is 1. The number of nitrogens with one attached hydrogen (secondary N) is 2. The van der Waals surface area contributed by atoms with E-state index in [1.165, 1.54) is 0 Å². The maximum atomic E-state index is 12.0. The molecule has 0 saturated heterocycles. The predicted octanol–water partition coefficient (Wildman–Crippen LogP) is 2.56. The summed E-state index contributed by atoms with van der Waals surface area (Å²) in [5.41, 5.74) is 9.72. The number of benzene rings is 2. The Morgan fingerprint density at radius 3 is 2.15 bits per heavy atom. The van der Waals surface area contributed by atoms with Crippen molar-refractivity contribution >= 4 is 11.8 Å². The first-order valence-electron chi connectivity index (χ1n) is 8.74. The number of nitrogens with zero attached hydrogens (tertiary/aromatic N) is 2. The van der Waals surface area contributed by atoms with E-state index in [0.29, 0.717) is 0 Å². The van der Waals surface area contributed by atoms with E-state index in [1.54, 1.807) is 4.68 Å². The lowest BCUT2D eigenvalue weighted by Gasteiger charge is -2.09. The van der Waals surface area contributed by atoms with E-state index < -0.39 is 0 Å². The molecule has 0 spiro atoms. The third-order valence-corrected chi connectivity index (χ3v) is 4.16. The lowest BCUT2D eigenvalue weighted by molar-refractivity contribution is -0.129. The van der Waals surface area contributed by atoms with Crippen LogP contribution in [-0.4, -0.2) is 21.6 Å². The molecule has 0 aliphatic rings. The van der Waals surface area contributed by atoms with E-state index in [4.69, 9.17) is 0 Å². The molecule has 6 nitrogen and oxygen atoms in total. The van der Waals surface area contributed by atoms with Crippen LogP contribution in [0.3, 0.4) is 0 Å². The monoisotopic (exact) mass is 362 g/mol. The van der Waals surface area contributed by atoms with E-state index in [9.17, 15) is 9.59 Å². The van der Waals surface area contributed by atoms with Gasteiger partial charge >= 0.3 is 0 Å². The molecule has 3 aromatic rings. The fourth-order valence-electron chi connectivity index (χ4n) is 2.83.